The average molecular weight is 355 g/mol. The SMILES string of the molecule is COC(=O)/C=C/c1ccc(OCc2ccc(F)cc2Cl)c(Cl)c1. The first-order valence-electron chi connectivity index (χ1n) is 6.62. The van der Waals surface area contributed by atoms with Gasteiger partial charge in [0.1, 0.15) is 18.2 Å². The van der Waals surface area contributed by atoms with E-state index in [1.165, 1.54) is 25.3 Å². The molecule has 0 heterocycles. The summed E-state index contributed by atoms with van der Waals surface area (Å²) in [5.74, 6) is -0.395. The van der Waals surface area contributed by atoms with Gasteiger partial charge in [-0.15, -0.1) is 0 Å². The molecule has 0 N–H and O–H groups in total. The fourth-order valence-electron chi connectivity index (χ4n) is 1.76. The Bertz CT molecular complexity index is 745. The maximum atomic E-state index is 13.0. The largest absolute Gasteiger partial charge is 0.487 e. The summed E-state index contributed by atoms with van der Waals surface area (Å²) in [6.45, 7) is 0.163. The lowest BCUT2D eigenvalue weighted by Gasteiger charge is -2.10. The standard InChI is InChI=1S/C17H13Cl2FO3/c1-22-17(21)7-3-11-2-6-16(15(19)8-11)23-10-12-4-5-13(20)9-14(12)18/h2-9H,10H2,1H3/b7-3+. The van der Waals surface area contributed by atoms with Gasteiger partial charge in [-0.25, -0.2) is 9.18 Å². The molecule has 0 aliphatic heterocycles. The van der Waals surface area contributed by atoms with Gasteiger partial charge in [0, 0.05) is 11.6 Å². The minimum absolute atomic E-state index is 0.163. The molecule has 6 heteroatoms. The van der Waals surface area contributed by atoms with Crippen LogP contribution in [0.1, 0.15) is 11.1 Å². The monoisotopic (exact) mass is 354 g/mol. The van der Waals surface area contributed by atoms with Crippen LogP contribution in [0.3, 0.4) is 0 Å². The van der Waals surface area contributed by atoms with Crippen molar-refractivity contribution in [2.24, 2.45) is 0 Å². The van der Waals surface area contributed by atoms with Crippen LogP contribution in [0.4, 0.5) is 4.39 Å². The number of halogens is 3. The van der Waals surface area contributed by atoms with Crippen LogP contribution in [0.5, 0.6) is 5.75 Å². The van der Waals surface area contributed by atoms with E-state index in [4.69, 9.17) is 27.9 Å². The van der Waals surface area contributed by atoms with Crippen molar-refractivity contribution >= 4 is 35.2 Å². The molecule has 0 aliphatic rings. The smallest absolute Gasteiger partial charge is 0.330 e. The zero-order valence-corrected chi connectivity index (χ0v) is 13.7. The normalized spacial score (nSPS) is 10.8. The molecular formula is C17H13Cl2FO3. The van der Waals surface area contributed by atoms with E-state index in [2.05, 4.69) is 4.74 Å². The van der Waals surface area contributed by atoms with Gasteiger partial charge in [0.25, 0.3) is 0 Å². The third-order valence-electron chi connectivity index (χ3n) is 2.97. The topological polar surface area (TPSA) is 35.5 Å². The Kier molecular flexibility index (Phi) is 6.02. The van der Waals surface area contributed by atoms with Crippen molar-refractivity contribution in [2.45, 2.75) is 6.61 Å². The highest BCUT2D eigenvalue weighted by Gasteiger charge is 2.06. The van der Waals surface area contributed by atoms with Crippen LogP contribution < -0.4 is 4.74 Å². The number of ether oxygens (including phenoxy) is 2. The van der Waals surface area contributed by atoms with Gasteiger partial charge in [-0.3, -0.25) is 0 Å². The lowest BCUT2D eigenvalue weighted by molar-refractivity contribution is -0.134. The van der Waals surface area contributed by atoms with Gasteiger partial charge in [-0.2, -0.15) is 0 Å². The number of esters is 1. The van der Waals surface area contributed by atoms with E-state index in [0.717, 1.165) is 5.56 Å². The molecule has 0 amide bonds. The number of carbonyl (C=O) groups is 1. The Morgan fingerprint density at radius 2 is 1.96 bits per heavy atom. The van der Waals surface area contributed by atoms with Crippen LogP contribution in [-0.2, 0) is 16.1 Å². The summed E-state index contributed by atoms with van der Waals surface area (Å²) in [6, 6.07) is 9.17. The lowest BCUT2D eigenvalue weighted by atomic mass is 10.2. The van der Waals surface area contributed by atoms with Crippen molar-refractivity contribution in [3.05, 3.63) is 69.5 Å². The molecule has 0 radical (unpaired) electrons. The number of hydrogen-bond donors (Lipinski definition) is 0. The average Bonchev–Trinajstić information content (AvgIpc) is 2.53. The number of methoxy groups -OCH3 is 1. The highest BCUT2D eigenvalue weighted by molar-refractivity contribution is 6.32. The van der Waals surface area contributed by atoms with E-state index < -0.39 is 11.8 Å². The van der Waals surface area contributed by atoms with E-state index in [1.54, 1.807) is 30.3 Å². The Morgan fingerprint density at radius 3 is 2.61 bits per heavy atom. The Labute approximate surface area is 143 Å². The Morgan fingerprint density at radius 1 is 1.17 bits per heavy atom. The van der Waals surface area contributed by atoms with Gasteiger partial charge in [0.15, 0.2) is 0 Å². The lowest BCUT2D eigenvalue weighted by Crippen LogP contribution is -1.97. The summed E-state index contributed by atoms with van der Waals surface area (Å²) >= 11 is 12.1. The second-order valence-corrected chi connectivity index (χ2v) is 5.39. The van der Waals surface area contributed by atoms with E-state index in [9.17, 15) is 9.18 Å². The predicted molar refractivity (Wildman–Crippen MR) is 88.2 cm³/mol. The first kappa shape index (κ1) is 17.3. The van der Waals surface area contributed by atoms with Crippen molar-refractivity contribution in [3.63, 3.8) is 0 Å². The summed E-state index contributed by atoms with van der Waals surface area (Å²) in [5.41, 5.74) is 1.38. The van der Waals surface area contributed by atoms with Crippen molar-refractivity contribution < 1.29 is 18.7 Å². The molecule has 0 atom stereocenters. The van der Waals surface area contributed by atoms with E-state index >= 15 is 0 Å². The fourth-order valence-corrected chi connectivity index (χ4v) is 2.23. The third-order valence-corrected chi connectivity index (χ3v) is 3.61. The number of rotatable bonds is 5. The molecule has 0 spiro atoms. The zero-order chi connectivity index (χ0) is 16.8. The molecule has 0 saturated carbocycles. The molecule has 120 valence electrons. The molecular weight excluding hydrogens is 342 g/mol. The number of benzene rings is 2. The highest BCUT2D eigenvalue weighted by atomic mass is 35.5. The van der Waals surface area contributed by atoms with E-state index in [1.807, 2.05) is 0 Å². The summed E-state index contributed by atoms with van der Waals surface area (Å²) in [6.07, 6.45) is 2.88. The minimum Gasteiger partial charge on any atom is -0.487 e. The quantitative estimate of drug-likeness (QED) is 0.565. The molecule has 2 aromatic rings. The van der Waals surface area contributed by atoms with Crippen molar-refractivity contribution in [1.82, 2.24) is 0 Å². The van der Waals surface area contributed by atoms with Gasteiger partial charge in [-0.1, -0.05) is 35.3 Å². The Hall–Kier alpha value is -2.04. The van der Waals surface area contributed by atoms with Crippen LogP contribution in [0.15, 0.2) is 42.5 Å². The van der Waals surface area contributed by atoms with Crippen molar-refractivity contribution in [2.75, 3.05) is 7.11 Å². The molecule has 0 aromatic heterocycles. The van der Waals surface area contributed by atoms with Gasteiger partial charge in [-0.05, 0) is 35.9 Å². The number of hydrogen-bond acceptors (Lipinski definition) is 3. The van der Waals surface area contributed by atoms with Gasteiger partial charge in [0.05, 0.1) is 17.2 Å². The zero-order valence-electron chi connectivity index (χ0n) is 12.2. The van der Waals surface area contributed by atoms with E-state index in [-0.39, 0.29) is 6.61 Å². The second kappa shape index (κ2) is 7.99. The molecule has 23 heavy (non-hydrogen) atoms. The molecule has 0 saturated heterocycles. The van der Waals surface area contributed by atoms with Crippen molar-refractivity contribution in [3.8, 4) is 5.75 Å². The summed E-state index contributed by atoms with van der Waals surface area (Å²) in [4.78, 5) is 11.0. The molecule has 2 rings (SSSR count). The fraction of sp³-hybridized carbons (Fsp3) is 0.118. The first-order chi connectivity index (χ1) is 11.0. The first-order valence-corrected chi connectivity index (χ1v) is 7.37. The Balaban J connectivity index is 2.06. The van der Waals surface area contributed by atoms with Crippen molar-refractivity contribution in [1.29, 1.82) is 0 Å². The molecule has 3 nitrogen and oxygen atoms in total. The maximum Gasteiger partial charge on any atom is 0.330 e. The molecule has 0 aliphatic carbocycles. The third kappa shape index (κ3) is 4.98. The molecule has 2 aromatic carbocycles. The summed E-state index contributed by atoms with van der Waals surface area (Å²) in [7, 11) is 1.30. The van der Waals surface area contributed by atoms with Crippen LogP contribution in [0.25, 0.3) is 6.08 Å². The maximum absolute atomic E-state index is 13.0. The second-order valence-electron chi connectivity index (χ2n) is 4.57. The van der Waals surface area contributed by atoms with Crippen LogP contribution >= 0.6 is 23.2 Å². The van der Waals surface area contributed by atoms with Crippen LogP contribution in [-0.4, -0.2) is 13.1 Å². The number of carbonyl (C=O) groups excluding carboxylic acids is 1. The van der Waals surface area contributed by atoms with Crippen LogP contribution in [0.2, 0.25) is 10.0 Å². The van der Waals surface area contributed by atoms with E-state index in [0.29, 0.717) is 21.4 Å². The summed E-state index contributed by atoms with van der Waals surface area (Å²) in [5, 5.41) is 0.675. The predicted octanol–water partition coefficient (Wildman–Crippen LogP) is 4.90. The summed E-state index contributed by atoms with van der Waals surface area (Å²) < 4.78 is 23.1. The highest BCUT2D eigenvalue weighted by Crippen LogP contribution is 2.28. The van der Waals surface area contributed by atoms with Gasteiger partial charge in [0.2, 0.25) is 0 Å². The molecule has 0 fully saturated rings. The van der Waals surface area contributed by atoms with Gasteiger partial charge < -0.3 is 9.47 Å². The molecule has 0 unspecified atom stereocenters. The van der Waals surface area contributed by atoms with Crippen LogP contribution in [0, 0.1) is 5.82 Å². The van der Waals surface area contributed by atoms with Gasteiger partial charge >= 0.3 is 5.97 Å². The minimum atomic E-state index is -0.451. The molecule has 0 bridgehead atoms.